The number of rotatable bonds is 6. The van der Waals surface area contributed by atoms with Gasteiger partial charge in [0.25, 0.3) is 5.91 Å². The molecule has 4 rings (SSSR count). The van der Waals surface area contributed by atoms with E-state index in [9.17, 15) is 45.5 Å². The van der Waals surface area contributed by atoms with E-state index in [1.807, 2.05) is 0 Å². The molecule has 1 saturated heterocycles. The quantitative estimate of drug-likeness (QED) is 0.369. The lowest BCUT2D eigenvalue weighted by Crippen LogP contribution is -2.47. The van der Waals surface area contributed by atoms with Crippen LogP contribution in [0.15, 0.2) is 35.3 Å². The molecule has 0 radical (unpaired) electrons. The number of carbonyl (C=O) groups excluding carboxylic acids is 3. The van der Waals surface area contributed by atoms with Gasteiger partial charge in [0.15, 0.2) is 23.1 Å². The van der Waals surface area contributed by atoms with Crippen LogP contribution < -0.4 is 15.6 Å². The van der Waals surface area contributed by atoms with Crippen molar-refractivity contribution in [2.75, 3.05) is 11.4 Å². The molecule has 1 fully saturated rings. The van der Waals surface area contributed by atoms with Gasteiger partial charge in [-0.05, 0) is 24.5 Å². The van der Waals surface area contributed by atoms with Gasteiger partial charge < -0.3 is 5.32 Å². The van der Waals surface area contributed by atoms with Gasteiger partial charge >= 0.3 is 6.18 Å². The number of benzene rings is 1. The molecule has 3 aromatic rings. The summed E-state index contributed by atoms with van der Waals surface area (Å²) in [7, 11) is 0. The van der Waals surface area contributed by atoms with Gasteiger partial charge in [0.1, 0.15) is 28.9 Å². The average Bonchev–Trinajstić information content (AvgIpc) is 3.16. The second-order valence-corrected chi connectivity index (χ2v) is 9.39. The van der Waals surface area contributed by atoms with E-state index in [0.29, 0.717) is 22.9 Å². The Hall–Kier alpha value is -4.23. The van der Waals surface area contributed by atoms with Crippen molar-refractivity contribution in [3.8, 4) is 5.69 Å². The number of anilines is 1. The molecule has 0 aliphatic carbocycles. The van der Waals surface area contributed by atoms with E-state index >= 15 is 0 Å². The number of fused-ring (bicyclic) bond motifs is 1. The maximum atomic E-state index is 14.8. The average molecular weight is 554 g/mol. The molecule has 2 amide bonds. The number of halogens is 6. The van der Waals surface area contributed by atoms with Crippen LogP contribution in [0, 0.1) is 23.4 Å². The lowest BCUT2D eigenvalue weighted by molar-refractivity contribution is -0.156. The van der Waals surface area contributed by atoms with Crippen molar-refractivity contribution in [1.82, 2.24) is 14.9 Å². The maximum Gasteiger partial charge on any atom is 0.408 e. The number of pyridine rings is 2. The van der Waals surface area contributed by atoms with Gasteiger partial charge in [-0.3, -0.25) is 28.6 Å². The minimum Gasteiger partial charge on any atom is -0.340 e. The van der Waals surface area contributed by atoms with Crippen LogP contribution in [0.1, 0.15) is 37.0 Å². The fourth-order valence-electron chi connectivity index (χ4n) is 4.22. The summed E-state index contributed by atoms with van der Waals surface area (Å²) < 4.78 is 84.5. The van der Waals surface area contributed by atoms with Gasteiger partial charge in [0, 0.05) is 18.3 Å². The second kappa shape index (κ2) is 10.2. The van der Waals surface area contributed by atoms with Crippen molar-refractivity contribution in [1.29, 1.82) is 0 Å². The number of hydrogen-bond donors (Lipinski definition) is 1. The molecule has 0 bridgehead atoms. The van der Waals surface area contributed by atoms with Gasteiger partial charge in [-0.1, -0.05) is 13.8 Å². The molecule has 1 aromatic carbocycles. The van der Waals surface area contributed by atoms with Gasteiger partial charge in [-0.2, -0.15) is 13.2 Å². The van der Waals surface area contributed by atoms with Crippen LogP contribution in [-0.4, -0.2) is 45.9 Å². The number of amides is 2. The zero-order valence-corrected chi connectivity index (χ0v) is 20.4. The van der Waals surface area contributed by atoms with E-state index in [0.717, 1.165) is 17.0 Å². The highest BCUT2D eigenvalue weighted by atomic mass is 19.4. The number of hydrogen-bond acceptors (Lipinski definition) is 5. The zero-order valence-electron chi connectivity index (χ0n) is 20.4. The van der Waals surface area contributed by atoms with E-state index in [4.69, 9.17) is 0 Å². The van der Waals surface area contributed by atoms with E-state index in [1.54, 1.807) is 5.32 Å². The highest BCUT2D eigenvalue weighted by molar-refractivity contribution is 6.14. The van der Waals surface area contributed by atoms with Crippen LogP contribution in [0.25, 0.3) is 16.7 Å². The third-order valence-electron chi connectivity index (χ3n) is 5.97. The highest BCUT2D eigenvalue weighted by Gasteiger charge is 2.41. The molecule has 206 valence electrons. The van der Waals surface area contributed by atoms with Crippen molar-refractivity contribution >= 4 is 34.4 Å². The first-order valence-corrected chi connectivity index (χ1v) is 11.6. The van der Waals surface area contributed by atoms with Crippen LogP contribution in [0.3, 0.4) is 0 Å². The minimum atomic E-state index is -4.86. The molecular weight excluding hydrogens is 534 g/mol. The molecule has 0 spiro atoms. The molecule has 39 heavy (non-hydrogen) atoms. The van der Waals surface area contributed by atoms with E-state index < -0.39 is 93.7 Å². The summed E-state index contributed by atoms with van der Waals surface area (Å²) in [5.74, 6) is -7.41. The fourth-order valence-corrected chi connectivity index (χ4v) is 4.22. The summed E-state index contributed by atoms with van der Waals surface area (Å²) in [5, 5.41) is 1.31. The largest absolute Gasteiger partial charge is 0.408 e. The third-order valence-corrected chi connectivity index (χ3v) is 5.97. The summed E-state index contributed by atoms with van der Waals surface area (Å²) in [6.07, 6.45) is -5.19. The van der Waals surface area contributed by atoms with E-state index in [-0.39, 0.29) is 12.4 Å². The first kappa shape index (κ1) is 27.8. The number of alkyl halides is 3. The molecule has 14 heteroatoms. The Bertz CT molecular complexity index is 1540. The standard InChI is InChI=1S/C25H20F6N4O4/c1-11(2)5-18(25(29,30)31)32-24(39)15-10-35(21-16(27)6-12(26)7-17(21)28)23-14(22(15)38)3-4-19(33-23)34-9-13(36)8-20(34)37/h3-4,6-7,10-11,18H,5,8-9H2,1-2H3,(H,32,39)/t18-/m0/s1. The predicted octanol–water partition coefficient (Wildman–Crippen LogP) is 3.82. The minimum absolute atomic E-state index is 0.166. The van der Waals surface area contributed by atoms with Gasteiger partial charge in [-0.15, -0.1) is 0 Å². The Kier molecular flexibility index (Phi) is 7.23. The monoisotopic (exact) mass is 554 g/mol. The Labute approximate surface area is 216 Å². The SMILES string of the molecule is CC(C)C[C@H](NC(=O)c1cn(-c2c(F)cc(F)cc2F)c2nc(N3CC(=O)CC3=O)ccc2c1=O)C(F)(F)F. The number of ketones is 1. The molecule has 8 nitrogen and oxygen atoms in total. The van der Waals surface area contributed by atoms with Gasteiger partial charge in [-0.25, -0.2) is 18.2 Å². The second-order valence-electron chi connectivity index (χ2n) is 9.39. The van der Waals surface area contributed by atoms with Crippen molar-refractivity contribution < 1.29 is 40.7 Å². The lowest BCUT2D eigenvalue weighted by Gasteiger charge is -2.23. The molecule has 1 atom stereocenters. The third kappa shape index (κ3) is 5.49. The topological polar surface area (TPSA) is 101 Å². The van der Waals surface area contributed by atoms with Crippen LogP contribution >= 0.6 is 0 Å². The van der Waals surface area contributed by atoms with Crippen molar-refractivity contribution in [2.24, 2.45) is 5.92 Å². The summed E-state index contributed by atoms with van der Waals surface area (Å²) in [6.45, 7) is 2.64. The predicted molar refractivity (Wildman–Crippen MR) is 126 cm³/mol. The molecular formula is C25H20F6N4O4. The number of Topliss-reactive ketones (excluding diaryl/α,β-unsaturated/α-hetero) is 1. The Morgan fingerprint density at radius 3 is 2.26 bits per heavy atom. The van der Waals surface area contributed by atoms with Crippen LogP contribution in [0.5, 0.6) is 0 Å². The van der Waals surface area contributed by atoms with Crippen molar-refractivity contribution in [3.05, 3.63) is 63.7 Å². The smallest absolute Gasteiger partial charge is 0.340 e. The molecule has 0 unspecified atom stereocenters. The first-order valence-electron chi connectivity index (χ1n) is 11.6. The zero-order chi connectivity index (χ0) is 28.8. The summed E-state index contributed by atoms with van der Waals surface area (Å²) in [4.78, 5) is 55.1. The number of aromatic nitrogens is 2. The van der Waals surface area contributed by atoms with Crippen LogP contribution in [-0.2, 0) is 9.59 Å². The summed E-state index contributed by atoms with van der Waals surface area (Å²) >= 11 is 0. The van der Waals surface area contributed by atoms with E-state index in [2.05, 4.69) is 4.98 Å². The molecule has 1 N–H and O–H groups in total. The van der Waals surface area contributed by atoms with Crippen LogP contribution in [0.2, 0.25) is 0 Å². The number of nitrogens with zero attached hydrogens (tertiary/aromatic N) is 3. The lowest BCUT2D eigenvalue weighted by atomic mass is 10.0. The molecule has 1 aliphatic heterocycles. The van der Waals surface area contributed by atoms with Crippen molar-refractivity contribution in [2.45, 2.75) is 38.9 Å². The molecule has 3 heterocycles. The Morgan fingerprint density at radius 2 is 1.72 bits per heavy atom. The molecule has 2 aromatic heterocycles. The summed E-state index contributed by atoms with van der Waals surface area (Å²) in [6, 6.07) is 0.499. The Morgan fingerprint density at radius 1 is 1.08 bits per heavy atom. The number of nitrogens with one attached hydrogen (secondary N) is 1. The first-order chi connectivity index (χ1) is 18.2. The van der Waals surface area contributed by atoms with E-state index in [1.165, 1.54) is 13.8 Å². The van der Waals surface area contributed by atoms with Gasteiger partial charge in [0.05, 0.1) is 18.4 Å². The Balaban J connectivity index is 1.94. The normalized spacial score (nSPS) is 14.9. The van der Waals surface area contributed by atoms with Crippen molar-refractivity contribution in [3.63, 3.8) is 0 Å². The van der Waals surface area contributed by atoms with Gasteiger partial charge in [0.2, 0.25) is 11.3 Å². The summed E-state index contributed by atoms with van der Waals surface area (Å²) in [5.41, 5.74) is -3.50. The number of carbonyl (C=O) groups is 3. The maximum absolute atomic E-state index is 14.8. The van der Waals surface area contributed by atoms with Crippen LogP contribution in [0.4, 0.5) is 32.2 Å². The molecule has 1 aliphatic rings. The highest BCUT2D eigenvalue weighted by Crippen LogP contribution is 2.28. The fraction of sp³-hybridized carbons (Fsp3) is 0.320. The molecule has 0 saturated carbocycles.